The van der Waals surface area contributed by atoms with Crippen LogP contribution in [0.3, 0.4) is 0 Å². The number of rotatable bonds is 4. The lowest BCUT2D eigenvalue weighted by atomic mass is 9.88. The molecule has 1 N–H and O–H groups in total. The van der Waals surface area contributed by atoms with Crippen LogP contribution in [-0.2, 0) is 4.43 Å². The maximum atomic E-state index is 10.9. The molecule has 0 heterocycles. The van der Waals surface area contributed by atoms with E-state index in [1.807, 2.05) is 0 Å². The number of aliphatic hydroxyl groups is 1. The molecule has 0 aliphatic heterocycles. The first-order chi connectivity index (χ1) is 13.7. The topological polar surface area (TPSA) is 29.5 Å². The van der Waals surface area contributed by atoms with Crippen molar-refractivity contribution in [2.24, 2.45) is 17.8 Å². The zero-order chi connectivity index (χ0) is 21.2. The summed E-state index contributed by atoms with van der Waals surface area (Å²) in [6.07, 6.45) is 3.94. The number of benzene rings is 2. The molecule has 0 radical (unpaired) electrons. The molecule has 2 aromatic rings. The molecule has 2 nitrogen and oxygen atoms in total. The van der Waals surface area contributed by atoms with Crippen LogP contribution >= 0.6 is 0 Å². The Kier molecular flexibility index (Phi) is 6.52. The molecule has 0 bridgehead atoms. The molecule has 3 heteroatoms. The Bertz CT molecular complexity index is 770. The number of hydrogen-bond donors (Lipinski definition) is 1. The third-order valence-electron chi connectivity index (χ3n) is 6.56. The highest BCUT2D eigenvalue weighted by Crippen LogP contribution is 2.40. The van der Waals surface area contributed by atoms with Gasteiger partial charge < -0.3 is 9.53 Å². The van der Waals surface area contributed by atoms with Gasteiger partial charge in [0.05, 0.1) is 12.2 Å². The van der Waals surface area contributed by atoms with Crippen LogP contribution in [0, 0.1) is 17.8 Å². The average Bonchev–Trinajstić information content (AvgIpc) is 2.79. The second kappa shape index (κ2) is 8.59. The summed E-state index contributed by atoms with van der Waals surface area (Å²) in [5, 5.41) is 13.4. The van der Waals surface area contributed by atoms with Crippen molar-refractivity contribution < 1.29 is 9.53 Å². The lowest BCUT2D eigenvalue weighted by Gasteiger charge is -2.47. The summed E-state index contributed by atoms with van der Waals surface area (Å²) in [4.78, 5) is 0. The van der Waals surface area contributed by atoms with E-state index in [4.69, 9.17) is 4.43 Å². The summed E-state index contributed by atoms with van der Waals surface area (Å²) in [6.45, 7) is 13.4. The van der Waals surface area contributed by atoms with Gasteiger partial charge in [-0.1, -0.05) is 114 Å². The van der Waals surface area contributed by atoms with E-state index < -0.39 is 14.4 Å². The first kappa shape index (κ1) is 22.0. The Balaban J connectivity index is 2.19. The number of aliphatic hydroxyl groups excluding tert-OH is 1. The van der Waals surface area contributed by atoms with Crippen LogP contribution in [0.1, 0.15) is 41.5 Å². The smallest absolute Gasteiger partial charge is 0.261 e. The van der Waals surface area contributed by atoms with Crippen molar-refractivity contribution in [3.05, 3.63) is 72.8 Å². The van der Waals surface area contributed by atoms with E-state index in [9.17, 15) is 5.11 Å². The summed E-state index contributed by atoms with van der Waals surface area (Å²) in [6, 6.07) is 21.5. The third-order valence-corrected chi connectivity index (χ3v) is 11.6. The van der Waals surface area contributed by atoms with Crippen molar-refractivity contribution in [2.75, 3.05) is 0 Å². The second-order valence-electron chi connectivity index (χ2n) is 9.70. The molecule has 0 amide bonds. The van der Waals surface area contributed by atoms with Gasteiger partial charge in [0.25, 0.3) is 8.32 Å². The quantitative estimate of drug-likeness (QED) is 0.583. The van der Waals surface area contributed by atoms with E-state index in [1.54, 1.807) is 0 Å². The van der Waals surface area contributed by atoms with Gasteiger partial charge in [-0.15, -0.1) is 0 Å². The summed E-state index contributed by atoms with van der Waals surface area (Å²) >= 11 is 0. The molecule has 0 fully saturated rings. The van der Waals surface area contributed by atoms with Gasteiger partial charge >= 0.3 is 0 Å². The largest absolute Gasteiger partial charge is 0.404 e. The van der Waals surface area contributed by atoms with Gasteiger partial charge in [-0.2, -0.15) is 0 Å². The minimum atomic E-state index is -2.64. The molecule has 29 heavy (non-hydrogen) atoms. The molecule has 1 aliphatic carbocycles. The molecule has 0 aromatic heterocycles. The first-order valence-electron chi connectivity index (χ1n) is 10.8. The fraction of sp³-hybridized carbons (Fsp3) is 0.462. The maximum absolute atomic E-state index is 10.9. The van der Waals surface area contributed by atoms with Crippen LogP contribution in [-0.4, -0.2) is 25.6 Å². The van der Waals surface area contributed by atoms with Gasteiger partial charge in [0.15, 0.2) is 0 Å². The van der Waals surface area contributed by atoms with Crippen molar-refractivity contribution in [1.82, 2.24) is 0 Å². The maximum Gasteiger partial charge on any atom is 0.261 e. The van der Waals surface area contributed by atoms with E-state index in [0.29, 0.717) is 0 Å². The normalized spacial score (nSPS) is 28.2. The van der Waals surface area contributed by atoms with Crippen molar-refractivity contribution in [3.63, 3.8) is 0 Å². The second-order valence-corrected chi connectivity index (χ2v) is 14.0. The zero-order valence-corrected chi connectivity index (χ0v) is 19.7. The van der Waals surface area contributed by atoms with Crippen LogP contribution in [0.4, 0.5) is 0 Å². The summed E-state index contributed by atoms with van der Waals surface area (Å²) in [7, 11) is -2.64. The van der Waals surface area contributed by atoms with Crippen LogP contribution in [0.15, 0.2) is 72.8 Å². The van der Waals surface area contributed by atoms with Crippen LogP contribution < -0.4 is 10.4 Å². The van der Waals surface area contributed by atoms with Crippen LogP contribution in [0.5, 0.6) is 0 Å². The molecule has 0 saturated carbocycles. The van der Waals surface area contributed by atoms with E-state index in [1.165, 1.54) is 10.4 Å². The molecule has 0 saturated heterocycles. The van der Waals surface area contributed by atoms with Crippen LogP contribution in [0.25, 0.3) is 0 Å². The summed E-state index contributed by atoms with van der Waals surface area (Å²) < 4.78 is 7.37. The van der Waals surface area contributed by atoms with Gasteiger partial charge in [-0.25, -0.2) is 0 Å². The Labute approximate surface area is 177 Å². The van der Waals surface area contributed by atoms with Gasteiger partial charge in [-0.05, 0) is 21.3 Å². The Morgan fingerprint density at radius 2 is 1.21 bits per heavy atom. The monoisotopic (exact) mass is 408 g/mol. The van der Waals surface area contributed by atoms with Gasteiger partial charge in [0, 0.05) is 11.8 Å². The molecule has 0 spiro atoms. The van der Waals surface area contributed by atoms with E-state index in [-0.39, 0.29) is 28.9 Å². The van der Waals surface area contributed by atoms with E-state index >= 15 is 0 Å². The zero-order valence-electron chi connectivity index (χ0n) is 18.7. The Morgan fingerprint density at radius 1 is 0.759 bits per heavy atom. The van der Waals surface area contributed by atoms with Gasteiger partial charge in [-0.3, -0.25) is 0 Å². The van der Waals surface area contributed by atoms with Crippen LogP contribution in [0.2, 0.25) is 5.04 Å². The highest BCUT2D eigenvalue weighted by Gasteiger charge is 2.53. The Hall–Kier alpha value is -1.68. The van der Waals surface area contributed by atoms with E-state index in [2.05, 4.69) is 114 Å². The predicted octanol–water partition coefficient (Wildman–Crippen LogP) is 4.77. The molecule has 156 valence electrons. The fourth-order valence-electron chi connectivity index (χ4n) is 4.84. The summed E-state index contributed by atoms with van der Waals surface area (Å²) in [5.41, 5.74) is 0. The van der Waals surface area contributed by atoms with Crippen molar-refractivity contribution >= 4 is 18.7 Å². The number of hydrogen-bond acceptors (Lipinski definition) is 2. The SMILES string of the molecule is C[C@@H]1[C@@H](O)[C@@H](C)C=C[C@H](C)[C@@H]1O[Si](c1ccccc1)(c1ccccc1)C(C)(C)C. The third kappa shape index (κ3) is 4.14. The van der Waals surface area contributed by atoms with Crippen molar-refractivity contribution in [3.8, 4) is 0 Å². The fourth-order valence-corrected chi connectivity index (χ4v) is 9.69. The molecule has 2 aromatic carbocycles. The molecular weight excluding hydrogens is 372 g/mol. The minimum Gasteiger partial charge on any atom is -0.404 e. The lowest BCUT2D eigenvalue weighted by Crippen LogP contribution is -2.68. The summed E-state index contributed by atoms with van der Waals surface area (Å²) in [5.74, 6) is 0.433. The molecule has 0 unspecified atom stereocenters. The van der Waals surface area contributed by atoms with Crippen molar-refractivity contribution in [1.29, 1.82) is 0 Å². The molecular formula is C26H36O2Si. The molecule has 5 atom stereocenters. The molecule has 3 rings (SSSR count). The minimum absolute atomic E-state index is 0.0440. The van der Waals surface area contributed by atoms with Crippen molar-refractivity contribution in [2.45, 2.75) is 58.8 Å². The van der Waals surface area contributed by atoms with Gasteiger partial charge in [0.1, 0.15) is 0 Å². The van der Waals surface area contributed by atoms with Gasteiger partial charge in [0.2, 0.25) is 0 Å². The standard InChI is InChI=1S/C26H36O2Si/c1-19-17-18-20(2)25(21(3)24(19)27)28-29(26(4,5)6,22-13-9-7-10-14-22)23-15-11-8-12-16-23/h7-21,24-25,27H,1-6H3/t19-,20-,21+,24-,25-/m0/s1. The molecule has 1 aliphatic rings. The van der Waals surface area contributed by atoms with E-state index in [0.717, 1.165) is 0 Å². The average molecular weight is 409 g/mol. The Morgan fingerprint density at radius 3 is 1.66 bits per heavy atom. The highest BCUT2D eigenvalue weighted by atomic mass is 28.4. The highest BCUT2D eigenvalue weighted by molar-refractivity contribution is 6.99. The predicted molar refractivity (Wildman–Crippen MR) is 125 cm³/mol. The lowest BCUT2D eigenvalue weighted by molar-refractivity contribution is 0.00247. The first-order valence-corrected chi connectivity index (χ1v) is 12.7.